The van der Waals surface area contributed by atoms with Gasteiger partial charge in [-0.25, -0.2) is 0 Å². The van der Waals surface area contributed by atoms with Gasteiger partial charge in [0.15, 0.2) is 0 Å². The molecule has 0 aromatic heterocycles. The summed E-state index contributed by atoms with van der Waals surface area (Å²) < 4.78 is 0. The van der Waals surface area contributed by atoms with Crippen molar-refractivity contribution in [2.75, 3.05) is 13.3 Å². The van der Waals surface area contributed by atoms with E-state index in [1.54, 1.807) is 16.7 Å². The molecule has 1 atom stereocenters. The largest absolute Gasteiger partial charge is 0.342 e. The van der Waals surface area contributed by atoms with Gasteiger partial charge >= 0.3 is 0 Å². The van der Waals surface area contributed by atoms with Gasteiger partial charge in [0.25, 0.3) is 0 Å². The predicted molar refractivity (Wildman–Crippen MR) is 50.9 cm³/mol. The Morgan fingerprint density at radius 2 is 2.00 bits per heavy atom. The Bertz CT molecular complexity index is 136. The third kappa shape index (κ3) is 2.40. The normalized spacial score (nSPS) is 14.3. The Labute approximate surface area is 73.3 Å². The number of rotatable bonds is 4. The van der Waals surface area contributed by atoms with E-state index in [-0.39, 0.29) is 5.54 Å². The van der Waals surface area contributed by atoms with Crippen LogP contribution in [0.4, 0.5) is 0 Å². The standard InChI is InChI=1S/C8H17NOS/c1-7(11-5)8(2,3)9(4)6-10/h6-7H,1-5H3. The number of thioether (sulfide) groups is 1. The van der Waals surface area contributed by atoms with Crippen LogP contribution in [0.25, 0.3) is 0 Å². The van der Waals surface area contributed by atoms with Crippen LogP contribution in [0.5, 0.6) is 0 Å². The number of carbonyl (C=O) groups is 1. The fourth-order valence-corrected chi connectivity index (χ4v) is 1.45. The molecule has 0 bridgehead atoms. The molecular formula is C8H17NOS. The van der Waals surface area contributed by atoms with E-state index in [1.165, 1.54) is 0 Å². The van der Waals surface area contributed by atoms with Crippen molar-refractivity contribution in [1.29, 1.82) is 0 Å². The molecule has 0 radical (unpaired) electrons. The maximum Gasteiger partial charge on any atom is 0.209 e. The first-order valence-electron chi connectivity index (χ1n) is 3.67. The van der Waals surface area contributed by atoms with Crippen LogP contribution in [-0.2, 0) is 4.79 Å². The number of hydrogen-bond acceptors (Lipinski definition) is 2. The zero-order chi connectivity index (χ0) is 9.07. The van der Waals surface area contributed by atoms with Crippen molar-refractivity contribution < 1.29 is 4.79 Å². The predicted octanol–water partition coefficient (Wildman–Crippen LogP) is 1.60. The Kier molecular flexibility index (Phi) is 3.93. The van der Waals surface area contributed by atoms with Crippen molar-refractivity contribution in [2.24, 2.45) is 0 Å². The second-order valence-electron chi connectivity index (χ2n) is 3.25. The van der Waals surface area contributed by atoms with Crippen molar-refractivity contribution in [3.05, 3.63) is 0 Å². The highest BCUT2D eigenvalue weighted by Gasteiger charge is 2.28. The molecule has 1 amide bonds. The van der Waals surface area contributed by atoms with Crippen molar-refractivity contribution >= 4 is 18.2 Å². The van der Waals surface area contributed by atoms with E-state index in [1.807, 2.05) is 7.05 Å². The molecule has 0 aliphatic carbocycles. The molecule has 0 heterocycles. The molecule has 3 heteroatoms. The molecule has 66 valence electrons. The smallest absolute Gasteiger partial charge is 0.209 e. The van der Waals surface area contributed by atoms with Gasteiger partial charge in [-0.2, -0.15) is 11.8 Å². The minimum absolute atomic E-state index is 0.0544. The molecule has 0 aliphatic rings. The van der Waals surface area contributed by atoms with Crippen LogP contribution in [0.3, 0.4) is 0 Å². The number of nitrogens with zero attached hydrogens (tertiary/aromatic N) is 1. The second-order valence-corrected chi connectivity index (χ2v) is 4.43. The summed E-state index contributed by atoms with van der Waals surface area (Å²) in [5, 5.41) is 0.456. The zero-order valence-corrected chi connectivity index (χ0v) is 8.73. The van der Waals surface area contributed by atoms with Gasteiger partial charge in [-0.1, -0.05) is 6.92 Å². The lowest BCUT2D eigenvalue weighted by Crippen LogP contribution is -2.47. The van der Waals surface area contributed by atoms with Crippen LogP contribution in [0.2, 0.25) is 0 Å². The summed E-state index contributed by atoms with van der Waals surface area (Å²) in [5.41, 5.74) is -0.0544. The lowest BCUT2D eigenvalue weighted by atomic mass is 10.0. The average molecular weight is 175 g/mol. The molecule has 1 unspecified atom stereocenters. The average Bonchev–Trinajstić information content (AvgIpc) is 2.01. The first kappa shape index (κ1) is 10.8. The molecule has 0 aromatic carbocycles. The minimum Gasteiger partial charge on any atom is -0.342 e. The number of hydrogen-bond donors (Lipinski definition) is 0. The molecule has 2 nitrogen and oxygen atoms in total. The van der Waals surface area contributed by atoms with Gasteiger partial charge in [0.2, 0.25) is 6.41 Å². The van der Waals surface area contributed by atoms with Crippen molar-refractivity contribution in [3.8, 4) is 0 Å². The maximum absolute atomic E-state index is 10.5. The minimum atomic E-state index is -0.0544. The van der Waals surface area contributed by atoms with E-state index in [0.717, 1.165) is 6.41 Å². The Morgan fingerprint density at radius 3 is 2.27 bits per heavy atom. The highest BCUT2D eigenvalue weighted by atomic mass is 32.2. The number of carbonyl (C=O) groups excluding carboxylic acids is 1. The summed E-state index contributed by atoms with van der Waals surface area (Å²) in [4.78, 5) is 12.2. The van der Waals surface area contributed by atoms with E-state index in [4.69, 9.17) is 0 Å². The molecule has 0 spiro atoms. The highest BCUT2D eigenvalue weighted by molar-refractivity contribution is 7.99. The first-order chi connectivity index (χ1) is 4.96. The van der Waals surface area contributed by atoms with E-state index in [9.17, 15) is 4.79 Å². The maximum atomic E-state index is 10.5. The second kappa shape index (κ2) is 4.00. The summed E-state index contributed by atoms with van der Waals surface area (Å²) in [6.07, 6.45) is 2.94. The third-order valence-electron chi connectivity index (χ3n) is 2.42. The topological polar surface area (TPSA) is 20.3 Å². The third-order valence-corrected chi connectivity index (χ3v) is 3.70. The Morgan fingerprint density at radius 1 is 1.55 bits per heavy atom. The summed E-state index contributed by atoms with van der Waals surface area (Å²) in [6, 6.07) is 0. The molecule has 11 heavy (non-hydrogen) atoms. The zero-order valence-electron chi connectivity index (χ0n) is 7.92. The lowest BCUT2D eigenvalue weighted by Gasteiger charge is -2.37. The van der Waals surface area contributed by atoms with E-state index >= 15 is 0 Å². The molecule has 0 aromatic rings. The van der Waals surface area contributed by atoms with Crippen LogP contribution in [0, 0.1) is 0 Å². The molecule has 0 saturated carbocycles. The lowest BCUT2D eigenvalue weighted by molar-refractivity contribution is -0.121. The Balaban J connectivity index is 4.29. The van der Waals surface area contributed by atoms with E-state index in [2.05, 4.69) is 27.0 Å². The fourth-order valence-electron chi connectivity index (χ4n) is 0.711. The van der Waals surface area contributed by atoms with Crippen LogP contribution in [0.15, 0.2) is 0 Å². The molecule has 0 fully saturated rings. The van der Waals surface area contributed by atoms with Crippen LogP contribution >= 0.6 is 11.8 Å². The summed E-state index contributed by atoms with van der Waals surface area (Å²) in [5.74, 6) is 0. The van der Waals surface area contributed by atoms with Gasteiger partial charge in [0, 0.05) is 17.8 Å². The van der Waals surface area contributed by atoms with Crippen molar-refractivity contribution in [3.63, 3.8) is 0 Å². The van der Waals surface area contributed by atoms with Gasteiger partial charge in [-0.3, -0.25) is 4.79 Å². The molecular weight excluding hydrogens is 158 g/mol. The van der Waals surface area contributed by atoms with Crippen LogP contribution in [0.1, 0.15) is 20.8 Å². The SMILES string of the molecule is CSC(C)C(C)(C)N(C)C=O. The molecule has 0 rings (SSSR count). The van der Waals surface area contributed by atoms with E-state index < -0.39 is 0 Å². The van der Waals surface area contributed by atoms with Gasteiger partial charge in [-0.05, 0) is 20.1 Å². The summed E-state index contributed by atoms with van der Waals surface area (Å²) in [6.45, 7) is 6.27. The van der Waals surface area contributed by atoms with Gasteiger partial charge in [0.05, 0.1) is 0 Å². The molecule has 0 aliphatic heterocycles. The molecule has 0 N–H and O–H groups in total. The van der Waals surface area contributed by atoms with Gasteiger partial charge in [-0.15, -0.1) is 0 Å². The van der Waals surface area contributed by atoms with Crippen molar-refractivity contribution in [2.45, 2.75) is 31.6 Å². The molecule has 0 saturated heterocycles. The monoisotopic (exact) mass is 175 g/mol. The van der Waals surface area contributed by atoms with Gasteiger partial charge < -0.3 is 4.90 Å². The van der Waals surface area contributed by atoms with Gasteiger partial charge in [0.1, 0.15) is 0 Å². The summed E-state index contributed by atoms with van der Waals surface area (Å²) in [7, 11) is 1.82. The Hall–Kier alpha value is -0.180. The summed E-state index contributed by atoms with van der Waals surface area (Å²) >= 11 is 1.77. The van der Waals surface area contributed by atoms with Crippen molar-refractivity contribution in [1.82, 2.24) is 4.90 Å². The van der Waals surface area contributed by atoms with Crippen LogP contribution < -0.4 is 0 Å². The fraction of sp³-hybridized carbons (Fsp3) is 0.875. The highest BCUT2D eigenvalue weighted by Crippen LogP contribution is 2.24. The first-order valence-corrected chi connectivity index (χ1v) is 4.96. The van der Waals surface area contributed by atoms with E-state index in [0.29, 0.717) is 5.25 Å². The van der Waals surface area contributed by atoms with Crippen LogP contribution in [-0.4, -0.2) is 35.4 Å². The quantitative estimate of drug-likeness (QED) is 0.605. The number of amides is 1.